The van der Waals surface area contributed by atoms with Crippen molar-refractivity contribution >= 4 is 44.4 Å². The first-order chi connectivity index (χ1) is 15.5. The summed E-state index contributed by atoms with van der Waals surface area (Å²) in [6.45, 7) is 7.12. The van der Waals surface area contributed by atoms with E-state index in [0.29, 0.717) is 29.5 Å². The maximum Gasteiger partial charge on any atom is 0.270 e. The summed E-state index contributed by atoms with van der Waals surface area (Å²) in [5.41, 5.74) is 1.29. The van der Waals surface area contributed by atoms with Crippen molar-refractivity contribution in [1.29, 1.82) is 0 Å². The number of carbonyl (C=O) groups is 1. The summed E-state index contributed by atoms with van der Waals surface area (Å²) in [5.74, 6) is 0.426. The predicted molar refractivity (Wildman–Crippen MR) is 128 cm³/mol. The van der Waals surface area contributed by atoms with Gasteiger partial charge in [0, 0.05) is 31.3 Å². The van der Waals surface area contributed by atoms with E-state index in [0.717, 1.165) is 23.3 Å². The summed E-state index contributed by atoms with van der Waals surface area (Å²) < 4.78 is 6.35. The zero-order chi connectivity index (χ0) is 23.1. The van der Waals surface area contributed by atoms with Crippen LogP contribution in [0.1, 0.15) is 19.4 Å². The lowest BCUT2D eigenvalue weighted by Gasteiger charge is -2.23. The fourth-order valence-electron chi connectivity index (χ4n) is 3.27. The summed E-state index contributed by atoms with van der Waals surface area (Å²) in [6, 6.07) is 11.9. The molecule has 1 amide bonds. The average molecular weight is 455 g/mol. The van der Waals surface area contributed by atoms with E-state index >= 15 is 0 Å². The van der Waals surface area contributed by atoms with Gasteiger partial charge in [0.15, 0.2) is 5.13 Å². The fraction of sp³-hybridized carbons (Fsp3) is 0.304. The Morgan fingerprint density at radius 2 is 1.94 bits per heavy atom. The summed E-state index contributed by atoms with van der Waals surface area (Å²) in [5, 5.41) is 11.6. The van der Waals surface area contributed by atoms with E-state index in [1.165, 1.54) is 29.5 Å². The maximum atomic E-state index is 13.2. The number of carbonyl (C=O) groups excluding carboxylic acids is 1. The Hall–Kier alpha value is -3.30. The van der Waals surface area contributed by atoms with E-state index in [9.17, 15) is 14.9 Å². The molecule has 0 unspecified atom stereocenters. The third kappa shape index (κ3) is 5.49. The maximum absolute atomic E-state index is 13.2. The Bertz CT molecular complexity index is 1120. The average Bonchev–Trinajstić information content (AvgIpc) is 3.24. The standard InChI is InChI=1S/C23H26N4O4S/c1-4-25(5-2)14-15-26(23-24-22-19(31-3)10-7-11-20(22)32-23)21(28)13-12-17-8-6-9-18(16-17)27(29)30/h6-13,16H,4-5,14-15H2,1-3H3. The summed E-state index contributed by atoms with van der Waals surface area (Å²) >= 11 is 1.43. The van der Waals surface area contributed by atoms with Crippen LogP contribution in [0.3, 0.4) is 0 Å². The molecule has 3 rings (SSSR count). The number of nitro groups is 1. The molecule has 1 aromatic heterocycles. The Balaban J connectivity index is 1.91. The minimum Gasteiger partial charge on any atom is -0.494 e. The highest BCUT2D eigenvalue weighted by Crippen LogP contribution is 2.34. The quantitative estimate of drug-likeness (QED) is 0.253. The van der Waals surface area contributed by atoms with Crippen LogP contribution in [-0.2, 0) is 4.79 Å². The first kappa shape index (κ1) is 23.4. The van der Waals surface area contributed by atoms with Gasteiger partial charge in [0.05, 0.1) is 16.7 Å². The van der Waals surface area contributed by atoms with Crippen LogP contribution in [0.25, 0.3) is 16.3 Å². The second-order valence-corrected chi connectivity index (χ2v) is 8.01. The molecule has 0 atom stereocenters. The van der Waals surface area contributed by atoms with Gasteiger partial charge in [-0.2, -0.15) is 0 Å². The number of thiazole rings is 1. The molecule has 0 radical (unpaired) electrons. The molecular weight excluding hydrogens is 428 g/mol. The topological polar surface area (TPSA) is 88.8 Å². The summed E-state index contributed by atoms with van der Waals surface area (Å²) in [6.07, 6.45) is 3.03. The van der Waals surface area contributed by atoms with Gasteiger partial charge in [-0.3, -0.25) is 19.8 Å². The molecule has 0 saturated heterocycles. The Morgan fingerprint density at radius 1 is 1.19 bits per heavy atom. The molecule has 0 spiro atoms. The summed E-state index contributed by atoms with van der Waals surface area (Å²) in [7, 11) is 1.60. The highest BCUT2D eigenvalue weighted by molar-refractivity contribution is 7.22. The van der Waals surface area contributed by atoms with Crippen LogP contribution >= 0.6 is 11.3 Å². The molecule has 3 aromatic rings. The number of nitro benzene ring substituents is 1. The van der Waals surface area contributed by atoms with Crippen LogP contribution in [0.4, 0.5) is 10.8 Å². The number of benzene rings is 2. The third-order valence-corrected chi connectivity index (χ3v) is 6.16. The number of rotatable bonds is 10. The van der Waals surface area contributed by atoms with Gasteiger partial charge in [-0.15, -0.1) is 0 Å². The van der Waals surface area contributed by atoms with Gasteiger partial charge in [0.2, 0.25) is 0 Å². The third-order valence-electron chi connectivity index (χ3n) is 5.12. The number of methoxy groups -OCH3 is 1. The zero-order valence-electron chi connectivity index (χ0n) is 18.4. The van der Waals surface area contributed by atoms with Crippen molar-refractivity contribution in [3.05, 3.63) is 64.2 Å². The minimum absolute atomic E-state index is 0.0174. The van der Waals surface area contributed by atoms with Crippen molar-refractivity contribution in [3.63, 3.8) is 0 Å². The number of hydrogen-bond acceptors (Lipinski definition) is 7. The molecule has 0 N–H and O–H groups in total. The number of para-hydroxylation sites is 1. The van der Waals surface area contributed by atoms with Crippen LogP contribution in [0.5, 0.6) is 5.75 Å². The zero-order valence-corrected chi connectivity index (χ0v) is 19.2. The van der Waals surface area contributed by atoms with E-state index in [-0.39, 0.29) is 11.6 Å². The van der Waals surface area contributed by atoms with E-state index in [1.54, 1.807) is 30.2 Å². The molecule has 0 aliphatic heterocycles. The normalized spacial score (nSPS) is 11.4. The molecule has 9 heteroatoms. The number of aromatic nitrogens is 1. The number of anilines is 1. The fourth-order valence-corrected chi connectivity index (χ4v) is 4.29. The van der Waals surface area contributed by atoms with Crippen LogP contribution < -0.4 is 9.64 Å². The van der Waals surface area contributed by atoms with E-state index in [4.69, 9.17) is 4.74 Å². The number of nitrogens with zero attached hydrogens (tertiary/aromatic N) is 4. The minimum atomic E-state index is -0.454. The summed E-state index contributed by atoms with van der Waals surface area (Å²) in [4.78, 5) is 32.3. The number of fused-ring (bicyclic) bond motifs is 1. The van der Waals surface area contributed by atoms with Crippen LogP contribution in [-0.4, -0.2) is 54.0 Å². The molecule has 1 heterocycles. The van der Waals surface area contributed by atoms with Gasteiger partial charge in [-0.25, -0.2) is 4.98 Å². The van der Waals surface area contributed by atoms with Crippen molar-refractivity contribution in [2.75, 3.05) is 38.2 Å². The van der Waals surface area contributed by atoms with Crippen LogP contribution in [0, 0.1) is 10.1 Å². The Morgan fingerprint density at radius 3 is 2.62 bits per heavy atom. The predicted octanol–water partition coefficient (Wildman–Crippen LogP) is 4.60. The number of amides is 1. The molecule has 0 saturated carbocycles. The highest BCUT2D eigenvalue weighted by Gasteiger charge is 2.20. The van der Waals surface area contributed by atoms with Gasteiger partial charge in [-0.05, 0) is 36.9 Å². The van der Waals surface area contributed by atoms with Crippen molar-refractivity contribution < 1.29 is 14.5 Å². The first-order valence-electron chi connectivity index (χ1n) is 10.4. The largest absolute Gasteiger partial charge is 0.494 e. The monoisotopic (exact) mass is 454 g/mol. The Kier molecular flexibility index (Phi) is 7.91. The van der Waals surface area contributed by atoms with Crippen molar-refractivity contribution in [2.24, 2.45) is 0 Å². The van der Waals surface area contributed by atoms with Gasteiger partial charge >= 0.3 is 0 Å². The second kappa shape index (κ2) is 10.8. The van der Waals surface area contributed by atoms with E-state index in [2.05, 4.69) is 23.7 Å². The van der Waals surface area contributed by atoms with Crippen molar-refractivity contribution in [1.82, 2.24) is 9.88 Å². The molecule has 168 valence electrons. The Labute approximate surface area is 190 Å². The second-order valence-electron chi connectivity index (χ2n) is 7.01. The SMILES string of the molecule is CCN(CC)CCN(C(=O)C=Cc1cccc([N+](=O)[O-])c1)c1nc2c(OC)cccc2s1. The molecule has 0 bridgehead atoms. The number of likely N-dealkylation sites (N-methyl/N-ethyl adjacent to an activating group) is 1. The van der Waals surface area contributed by atoms with Gasteiger partial charge in [-0.1, -0.05) is 43.4 Å². The lowest BCUT2D eigenvalue weighted by atomic mass is 10.2. The molecule has 0 fully saturated rings. The highest BCUT2D eigenvalue weighted by atomic mass is 32.1. The molecule has 32 heavy (non-hydrogen) atoms. The van der Waals surface area contributed by atoms with E-state index in [1.807, 2.05) is 18.2 Å². The lowest BCUT2D eigenvalue weighted by Crippen LogP contribution is -2.38. The molecule has 2 aromatic carbocycles. The smallest absolute Gasteiger partial charge is 0.270 e. The first-order valence-corrected chi connectivity index (χ1v) is 11.2. The van der Waals surface area contributed by atoms with E-state index < -0.39 is 4.92 Å². The van der Waals surface area contributed by atoms with Gasteiger partial charge < -0.3 is 9.64 Å². The van der Waals surface area contributed by atoms with Crippen LogP contribution in [0.15, 0.2) is 48.5 Å². The van der Waals surface area contributed by atoms with Gasteiger partial charge in [0.25, 0.3) is 11.6 Å². The van der Waals surface area contributed by atoms with Crippen molar-refractivity contribution in [2.45, 2.75) is 13.8 Å². The molecule has 8 nitrogen and oxygen atoms in total. The van der Waals surface area contributed by atoms with Crippen molar-refractivity contribution in [3.8, 4) is 5.75 Å². The van der Waals surface area contributed by atoms with Crippen LogP contribution in [0.2, 0.25) is 0 Å². The number of hydrogen-bond donors (Lipinski definition) is 0. The molecule has 0 aliphatic rings. The number of non-ortho nitro benzene ring substituents is 1. The molecular formula is C23H26N4O4S. The van der Waals surface area contributed by atoms with Gasteiger partial charge in [0.1, 0.15) is 11.3 Å². The lowest BCUT2D eigenvalue weighted by molar-refractivity contribution is -0.384. The molecule has 0 aliphatic carbocycles. The number of ether oxygens (including phenoxy) is 1.